The number of H-pyrrole nitrogens is 1. The van der Waals surface area contributed by atoms with E-state index in [4.69, 9.17) is 0 Å². The minimum Gasteiger partial charge on any atom is -0.371 e. The van der Waals surface area contributed by atoms with E-state index in [1.54, 1.807) is 19.1 Å². The molecule has 2 aromatic rings. The summed E-state index contributed by atoms with van der Waals surface area (Å²) in [6.07, 6.45) is 3.80. The first-order valence-electron chi connectivity index (χ1n) is 10.9. The first-order chi connectivity index (χ1) is 14.8. The van der Waals surface area contributed by atoms with Crippen molar-refractivity contribution in [2.45, 2.75) is 56.9 Å². The SMILES string of the molecule is CCS(=O)(=O)c1ccc(N2CCC(NC(=O)c3[nH]c4c(c3C)C(=O)CCC4)CC2)cc1. The van der Waals surface area contributed by atoms with E-state index in [0.717, 1.165) is 55.7 Å². The predicted molar refractivity (Wildman–Crippen MR) is 120 cm³/mol. The number of carbonyl (C=O) groups excluding carboxylic acids is 2. The molecular weight excluding hydrogens is 414 g/mol. The number of benzene rings is 1. The number of nitrogens with one attached hydrogen (secondary N) is 2. The van der Waals surface area contributed by atoms with Gasteiger partial charge in [0.25, 0.3) is 5.91 Å². The average molecular weight is 444 g/mol. The minimum absolute atomic E-state index is 0.0684. The van der Waals surface area contributed by atoms with Gasteiger partial charge in [-0.05, 0) is 62.4 Å². The first kappa shape index (κ1) is 21.6. The summed E-state index contributed by atoms with van der Waals surface area (Å²) >= 11 is 0. The summed E-state index contributed by atoms with van der Waals surface area (Å²) in [7, 11) is -3.19. The molecule has 1 aromatic carbocycles. The summed E-state index contributed by atoms with van der Waals surface area (Å²) in [6.45, 7) is 5.05. The fourth-order valence-corrected chi connectivity index (χ4v) is 5.46. The highest BCUT2D eigenvalue weighted by Crippen LogP contribution is 2.27. The molecule has 1 fully saturated rings. The number of hydrogen-bond donors (Lipinski definition) is 2. The number of ketones is 1. The summed E-state index contributed by atoms with van der Waals surface area (Å²) in [4.78, 5) is 30.8. The first-order valence-corrected chi connectivity index (χ1v) is 12.6. The zero-order valence-corrected chi connectivity index (χ0v) is 18.8. The standard InChI is InChI=1S/C23H29N3O4S/c1-3-31(29,30)18-9-7-17(8-10-18)26-13-11-16(12-14-26)24-23(28)22-15(2)21-19(25-22)5-4-6-20(21)27/h7-10,16,25H,3-6,11-14H2,1-2H3,(H,24,28). The van der Waals surface area contributed by atoms with Gasteiger partial charge in [0.2, 0.25) is 0 Å². The van der Waals surface area contributed by atoms with Gasteiger partial charge in [0.05, 0.1) is 10.6 Å². The van der Waals surface area contributed by atoms with Crippen LogP contribution in [0.15, 0.2) is 29.2 Å². The third-order valence-corrected chi connectivity index (χ3v) is 8.19. The van der Waals surface area contributed by atoms with E-state index >= 15 is 0 Å². The van der Waals surface area contributed by atoms with Gasteiger partial charge >= 0.3 is 0 Å². The second kappa shape index (κ2) is 8.49. The van der Waals surface area contributed by atoms with E-state index in [0.29, 0.717) is 22.6 Å². The van der Waals surface area contributed by atoms with Crippen LogP contribution in [0.4, 0.5) is 5.69 Å². The Balaban J connectivity index is 1.37. The summed E-state index contributed by atoms with van der Waals surface area (Å²) in [5, 5.41) is 3.12. The lowest BCUT2D eigenvalue weighted by atomic mass is 9.93. The van der Waals surface area contributed by atoms with Crippen LogP contribution in [-0.2, 0) is 16.3 Å². The van der Waals surface area contributed by atoms with Crippen molar-refractivity contribution in [1.82, 2.24) is 10.3 Å². The van der Waals surface area contributed by atoms with Gasteiger partial charge in [0.15, 0.2) is 15.6 Å². The monoisotopic (exact) mass is 443 g/mol. The number of hydrogen-bond acceptors (Lipinski definition) is 5. The van der Waals surface area contributed by atoms with E-state index in [2.05, 4.69) is 15.2 Å². The lowest BCUT2D eigenvalue weighted by Gasteiger charge is -2.34. The van der Waals surface area contributed by atoms with Gasteiger partial charge in [0.1, 0.15) is 5.69 Å². The van der Waals surface area contributed by atoms with Gasteiger partial charge in [-0.1, -0.05) is 6.92 Å². The molecule has 0 bridgehead atoms. The largest absolute Gasteiger partial charge is 0.371 e. The van der Waals surface area contributed by atoms with Crippen LogP contribution < -0.4 is 10.2 Å². The Bertz CT molecular complexity index is 1090. The molecule has 0 unspecified atom stereocenters. The molecule has 0 radical (unpaired) electrons. The number of aromatic amines is 1. The van der Waals surface area contributed by atoms with Crippen molar-refractivity contribution in [3.8, 4) is 0 Å². The maximum atomic E-state index is 12.8. The second-order valence-corrected chi connectivity index (χ2v) is 10.7. The van der Waals surface area contributed by atoms with Gasteiger partial charge in [-0.25, -0.2) is 8.42 Å². The van der Waals surface area contributed by atoms with Crippen molar-refractivity contribution in [3.63, 3.8) is 0 Å². The normalized spacial score (nSPS) is 17.5. The number of aromatic nitrogens is 1. The van der Waals surface area contributed by atoms with E-state index in [9.17, 15) is 18.0 Å². The molecule has 31 heavy (non-hydrogen) atoms. The highest BCUT2D eigenvalue weighted by Gasteiger charge is 2.28. The molecule has 0 saturated carbocycles. The van der Waals surface area contributed by atoms with Crippen LogP contribution in [-0.4, -0.2) is 50.0 Å². The Morgan fingerprint density at radius 1 is 1.16 bits per heavy atom. The van der Waals surface area contributed by atoms with Crippen LogP contribution in [0.25, 0.3) is 0 Å². The molecule has 1 saturated heterocycles. The van der Waals surface area contributed by atoms with Crippen molar-refractivity contribution in [2.24, 2.45) is 0 Å². The van der Waals surface area contributed by atoms with Crippen LogP contribution in [0.1, 0.15) is 64.7 Å². The molecular formula is C23H29N3O4S. The number of aryl methyl sites for hydroxylation is 1. The molecule has 1 aliphatic heterocycles. The van der Waals surface area contributed by atoms with Crippen LogP contribution in [0.3, 0.4) is 0 Å². The molecule has 2 N–H and O–H groups in total. The fourth-order valence-electron chi connectivity index (χ4n) is 4.57. The molecule has 2 heterocycles. The Morgan fingerprint density at radius 3 is 2.45 bits per heavy atom. The number of sulfone groups is 1. The van der Waals surface area contributed by atoms with Gasteiger partial charge in [-0.3, -0.25) is 9.59 Å². The molecule has 7 nitrogen and oxygen atoms in total. The van der Waals surface area contributed by atoms with Crippen LogP contribution >= 0.6 is 0 Å². The Morgan fingerprint density at radius 2 is 1.84 bits per heavy atom. The van der Waals surface area contributed by atoms with Gasteiger partial charge in [0, 0.05) is 42.5 Å². The average Bonchev–Trinajstić information content (AvgIpc) is 3.12. The van der Waals surface area contributed by atoms with E-state index < -0.39 is 9.84 Å². The Labute approximate surface area is 183 Å². The molecule has 0 atom stereocenters. The smallest absolute Gasteiger partial charge is 0.268 e. The van der Waals surface area contributed by atoms with Crippen LogP contribution in [0, 0.1) is 6.92 Å². The molecule has 4 rings (SSSR count). The summed E-state index contributed by atoms with van der Waals surface area (Å²) < 4.78 is 24.0. The van der Waals surface area contributed by atoms with Crippen molar-refractivity contribution < 1.29 is 18.0 Å². The number of rotatable bonds is 5. The lowest BCUT2D eigenvalue weighted by molar-refractivity contribution is 0.0925. The zero-order valence-electron chi connectivity index (χ0n) is 18.0. The highest BCUT2D eigenvalue weighted by atomic mass is 32.2. The van der Waals surface area contributed by atoms with Crippen LogP contribution in [0.2, 0.25) is 0 Å². The predicted octanol–water partition coefficient (Wildman–Crippen LogP) is 3.03. The fraction of sp³-hybridized carbons (Fsp3) is 0.478. The van der Waals surface area contributed by atoms with Gasteiger partial charge < -0.3 is 15.2 Å². The number of nitrogens with zero attached hydrogens (tertiary/aromatic N) is 1. The summed E-state index contributed by atoms with van der Waals surface area (Å²) in [5.74, 6) is 0.0712. The molecule has 1 aromatic heterocycles. The number of amides is 1. The highest BCUT2D eigenvalue weighted by molar-refractivity contribution is 7.91. The third-order valence-electron chi connectivity index (χ3n) is 6.44. The van der Waals surface area contributed by atoms with E-state index in [1.807, 2.05) is 19.1 Å². The Kier molecular flexibility index (Phi) is 5.92. The lowest BCUT2D eigenvalue weighted by Crippen LogP contribution is -2.45. The quantitative estimate of drug-likeness (QED) is 0.740. The third kappa shape index (κ3) is 4.26. The topological polar surface area (TPSA) is 99.3 Å². The van der Waals surface area contributed by atoms with Crippen LogP contribution in [0.5, 0.6) is 0 Å². The molecule has 8 heteroatoms. The summed E-state index contributed by atoms with van der Waals surface area (Å²) in [6, 6.07) is 7.10. The molecule has 0 spiro atoms. The van der Waals surface area contributed by atoms with E-state index in [-0.39, 0.29) is 23.5 Å². The van der Waals surface area contributed by atoms with Gasteiger partial charge in [-0.15, -0.1) is 0 Å². The number of fused-ring (bicyclic) bond motifs is 1. The second-order valence-electron chi connectivity index (χ2n) is 8.39. The van der Waals surface area contributed by atoms with Crippen molar-refractivity contribution in [1.29, 1.82) is 0 Å². The van der Waals surface area contributed by atoms with E-state index in [1.165, 1.54) is 0 Å². The van der Waals surface area contributed by atoms with Crippen molar-refractivity contribution in [2.75, 3.05) is 23.7 Å². The molecule has 1 amide bonds. The molecule has 2 aliphatic rings. The number of anilines is 1. The maximum absolute atomic E-state index is 12.8. The van der Waals surface area contributed by atoms with Crippen molar-refractivity contribution in [3.05, 3.63) is 46.8 Å². The van der Waals surface area contributed by atoms with Gasteiger partial charge in [-0.2, -0.15) is 0 Å². The molecule has 166 valence electrons. The molecule has 1 aliphatic carbocycles. The number of carbonyl (C=O) groups is 2. The summed E-state index contributed by atoms with van der Waals surface area (Å²) in [5.41, 5.74) is 3.86. The van der Waals surface area contributed by atoms with Crippen molar-refractivity contribution >= 4 is 27.2 Å². The Hall–Kier alpha value is -2.61. The minimum atomic E-state index is -3.19. The number of piperidine rings is 1. The maximum Gasteiger partial charge on any atom is 0.268 e. The zero-order chi connectivity index (χ0) is 22.2. The number of Topliss-reactive ketones (excluding diaryl/α,β-unsaturated/α-hetero) is 1.